The summed E-state index contributed by atoms with van der Waals surface area (Å²) in [5.41, 5.74) is 6.29. The van der Waals surface area contributed by atoms with Gasteiger partial charge in [0.25, 0.3) is 0 Å². The Morgan fingerprint density at radius 2 is 2.00 bits per heavy atom. The van der Waals surface area contributed by atoms with Crippen LogP contribution in [0.5, 0.6) is 0 Å². The van der Waals surface area contributed by atoms with E-state index in [4.69, 9.17) is 10.2 Å². The zero-order valence-corrected chi connectivity index (χ0v) is 13.8. The van der Waals surface area contributed by atoms with Gasteiger partial charge in [-0.3, -0.25) is 4.79 Å². The number of rotatable bonds is 6. The summed E-state index contributed by atoms with van der Waals surface area (Å²) in [6.07, 6.45) is 0.849. The number of carbonyl (C=O) groups is 1. The van der Waals surface area contributed by atoms with Gasteiger partial charge in [-0.15, -0.1) is 0 Å². The highest BCUT2D eigenvalue weighted by molar-refractivity contribution is 5.85. The number of nitrogens with one attached hydrogen (secondary N) is 1. The topological polar surface area (TPSA) is 68.3 Å². The molecule has 2 aromatic rings. The van der Waals surface area contributed by atoms with Crippen molar-refractivity contribution in [2.45, 2.75) is 45.6 Å². The first-order chi connectivity index (χ1) is 10.3. The maximum absolute atomic E-state index is 12.5. The van der Waals surface area contributed by atoms with Crippen molar-refractivity contribution in [1.82, 2.24) is 5.32 Å². The Hall–Kier alpha value is -1.81. The van der Waals surface area contributed by atoms with E-state index in [1.807, 2.05) is 44.2 Å². The molecule has 4 heteroatoms. The van der Waals surface area contributed by atoms with Gasteiger partial charge in [-0.1, -0.05) is 32.0 Å². The second-order valence-corrected chi connectivity index (χ2v) is 6.76. The Bertz CT molecular complexity index is 614. The minimum Gasteiger partial charge on any atom is -0.460 e. The molecule has 0 saturated heterocycles. The Kier molecular flexibility index (Phi) is 4.91. The fraction of sp³-hybridized carbons (Fsp3) is 0.500. The average molecular weight is 302 g/mol. The van der Waals surface area contributed by atoms with Crippen LogP contribution in [0.25, 0.3) is 11.0 Å². The number of amides is 1. The van der Waals surface area contributed by atoms with Gasteiger partial charge < -0.3 is 15.5 Å². The van der Waals surface area contributed by atoms with E-state index in [0.29, 0.717) is 18.2 Å². The summed E-state index contributed by atoms with van der Waals surface area (Å²) < 4.78 is 5.79. The molecule has 0 fully saturated rings. The van der Waals surface area contributed by atoms with E-state index >= 15 is 0 Å². The third-order valence-corrected chi connectivity index (χ3v) is 4.00. The largest absolute Gasteiger partial charge is 0.460 e. The molecule has 120 valence electrons. The highest BCUT2D eigenvalue weighted by Crippen LogP contribution is 2.26. The summed E-state index contributed by atoms with van der Waals surface area (Å²) in [4.78, 5) is 12.5. The smallest absolute Gasteiger partial charge is 0.230 e. The van der Waals surface area contributed by atoms with Crippen molar-refractivity contribution in [2.24, 2.45) is 11.7 Å². The Morgan fingerprint density at radius 3 is 2.59 bits per heavy atom. The van der Waals surface area contributed by atoms with Gasteiger partial charge in [-0.05, 0) is 38.3 Å². The van der Waals surface area contributed by atoms with E-state index in [-0.39, 0.29) is 17.4 Å². The third kappa shape index (κ3) is 3.69. The molecule has 0 aliphatic heterocycles. The van der Waals surface area contributed by atoms with Gasteiger partial charge in [-0.25, -0.2) is 0 Å². The predicted octanol–water partition coefficient (Wildman–Crippen LogP) is 3.42. The molecule has 2 atom stereocenters. The van der Waals surface area contributed by atoms with Crippen molar-refractivity contribution in [3.63, 3.8) is 0 Å². The van der Waals surface area contributed by atoms with E-state index < -0.39 is 0 Å². The fourth-order valence-electron chi connectivity index (χ4n) is 2.84. The number of para-hydroxylation sites is 1. The molecule has 1 aromatic heterocycles. The lowest BCUT2D eigenvalue weighted by Crippen LogP contribution is -2.53. The van der Waals surface area contributed by atoms with Crippen LogP contribution in [0, 0.1) is 5.92 Å². The molecule has 3 N–H and O–H groups in total. The second-order valence-electron chi connectivity index (χ2n) is 6.76. The first-order valence-corrected chi connectivity index (χ1v) is 7.85. The van der Waals surface area contributed by atoms with Crippen LogP contribution in [0.2, 0.25) is 0 Å². The standard InChI is InChI=1S/C18H26N2O2/c1-12(2)10-18(4,11-19)20-17(21)13(3)16-9-14-7-5-6-8-15(14)22-16/h5-9,12-13H,10-11,19H2,1-4H3,(H,20,21). The number of benzene rings is 1. The van der Waals surface area contributed by atoms with Gasteiger partial charge in [-0.2, -0.15) is 0 Å². The van der Waals surface area contributed by atoms with Crippen molar-refractivity contribution in [3.8, 4) is 0 Å². The summed E-state index contributed by atoms with van der Waals surface area (Å²) in [6.45, 7) is 8.53. The molecule has 0 spiro atoms. The van der Waals surface area contributed by atoms with Crippen molar-refractivity contribution < 1.29 is 9.21 Å². The van der Waals surface area contributed by atoms with Crippen LogP contribution in [0.4, 0.5) is 0 Å². The van der Waals surface area contributed by atoms with Crippen LogP contribution in [-0.2, 0) is 4.79 Å². The van der Waals surface area contributed by atoms with Crippen molar-refractivity contribution in [3.05, 3.63) is 36.1 Å². The van der Waals surface area contributed by atoms with Crippen molar-refractivity contribution in [1.29, 1.82) is 0 Å². The minimum absolute atomic E-state index is 0.0485. The van der Waals surface area contributed by atoms with Gasteiger partial charge in [0.15, 0.2) is 0 Å². The van der Waals surface area contributed by atoms with Crippen LogP contribution < -0.4 is 11.1 Å². The number of furan rings is 1. The maximum atomic E-state index is 12.5. The number of hydrogen-bond donors (Lipinski definition) is 2. The summed E-state index contributed by atoms with van der Waals surface area (Å²) in [5, 5.41) is 4.11. The van der Waals surface area contributed by atoms with Gasteiger partial charge in [0.1, 0.15) is 11.3 Å². The highest BCUT2D eigenvalue weighted by Gasteiger charge is 2.29. The van der Waals surface area contributed by atoms with Crippen LogP contribution in [0.1, 0.15) is 45.8 Å². The third-order valence-electron chi connectivity index (χ3n) is 4.00. The molecule has 4 nitrogen and oxygen atoms in total. The molecular formula is C18H26N2O2. The molecule has 0 bridgehead atoms. The zero-order valence-electron chi connectivity index (χ0n) is 13.8. The first-order valence-electron chi connectivity index (χ1n) is 7.85. The SMILES string of the molecule is CC(C)CC(C)(CN)NC(=O)C(C)c1cc2ccccc2o1. The second kappa shape index (κ2) is 6.53. The van der Waals surface area contributed by atoms with Crippen LogP contribution in [0.3, 0.4) is 0 Å². The fourth-order valence-corrected chi connectivity index (χ4v) is 2.84. The van der Waals surface area contributed by atoms with Crippen molar-refractivity contribution in [2.75, 3.05) is 6.54 Å². The predicted molar refractivity (Wildman–Crippen MR) is 89.7 cm³/mol. The Balaban J connectivity index is 2.14. The van der Waals surface area contributed by atoms with Crippen molar-refractivity contribution >= 4 is 16.9 Å². The molecule has 22 heavy (non-hydrogen) atoms. The maximum Gasteiger partial charge on any atom is 0.230 e. The monoisotopic (exact) mass is 302 g/mol. The molecule has 0 aliphatic rings. The van der Waals surface area contributed by atoms with Crippen LogP contribution >= 0.6 is 0 Å². The van der Waals surface area contributed by atoms with E-state index in [2.05, 4.69) is 19.2 Å². The van der Waals surface area contributed by atoms with E-state index in [0.717, 1.165) is 17.4 Å². The number of carbonyl (C=O) groups excluding carboxylic acids is 1. The lowest BCUT2D eigenvalue weighted by atomic mass is 9.90. The minimum atomic E-state index is -0.383. The molecule has 2 unspecified atom stereocenters. The molecule has 0 radical (unpaired) electrons. The van der Waals surface area contributed by atoms with E-state index in [1.54, 1.807) is 0 Å². The summed E-state index contributed by atoms with van der Waals surface area (Å²) in [7, 11) is 0. The lowest BCUT2D eigenvalue weighted by Gasteiger charge is -2.32. The number of hydrogen-bond acceptors (Lipinski definition) is 3. The van der Waals surface area contributed by atoms with Gasteiger partial charge in [0.05, 0.1) is 5.92 Å². The van der Waals surface area contributed by atoms with Crippen LogP contribution in [0.15, 0.2) is 34.7 Å². The highest BCUT2D eigenvalue weighted by atomic mass is 16.3. The molecule has 1 amide bonds. The molecule has 0 saturated carbocycles. The number of fused-ring (bicyclic) bond motifs is 1. The quantitative estimate of drug-likeness (QED) is 0.859. The van der Waals surface area contributed by atoms with Gasteiger partial charge >= 0.3 is 0 Å². The molecule has 1 heterocycles. The Morgan fingerprint density at radius 1 is 1.32 bits per heavy atom. The van der Waals surface area contributed by atoms with Crippen LogP contribution in [-0.4, -0.2) is 18.0 Å². The van der Waals surface area contributed by atoms with Gasteiger partial charge in [0.2, 0.25) is 5.91 Å². The molecule has 1 aromatic carbocycles. The van der Waals surface area contributed by atoms with E-state index in [9.17, 15) is 4.79 Å². The summed E-state index contributed by atoms with van der Waals surface area (Å²) in [6, 6.07) is 9.71. The van der Waals surface area contributed by atoms with Gasteiger partial charge in [0, 0.05) is 17.5 Å². The Labute approximate surface area is 132 Å². The normalized spacial score (nSPS) is 15.7. The first kappa shape index (κ1) is 16.6. The number of nitrogens with two attached hydrogens (primary N) is 1. The lowest BCUT2D eigenvalue weighted by molar-refractivity contribution is -0.124. The van der Waals surface area contributed by atoms with E-state index in [1.165, 1.54) is 0 Å². The molecule has 2 rings (SSSR count). The zero-order chi connectivity index (χ0) is 16.3. The molecular weight excluding hydrogens is 276 g/mol. The summed E-state index contributed by atoms with van der Waals surface area (Å²) in [5.74, 6) is 0.760. The summed E-state index contributed by atoms with van der Waals surface area (Å²) >= 11 is 0. The average Bonchev–Trinajstić information content (AvgIpc) is 2.89. The molecule has 0 aliphatic carbocycles.